The average Bonchev–Trinajstić information content (AvgIpc) is 2.24. The van der Waals surface area contributed by atoms with Gasteiger partial charge >= 0.3 is 0 Å². The second kappa shape index (κ2) is 7.07. The van der Waals surface area contributed by atoms with Crippen molar-refractivity contribution < 1.29 is 14.4 Å². The summed E-state index contributed by atoms with van der Waals surface area (Å²) < 4.78 is 0. The maximum Gasteiger partial charge on any atom is 0.242 e. The van der Waals surface area contributed by atoms with E-state index in [1.54, 1.807) is 0 Å². The number of ketones is 1. The van der Waals surface area contributed by atoms with Gasteiger partial charge in [-0.2, -0.15) is 0 Å². The van der Waals surface area contributed by atoms with Gasteiger partial charge in [-0.15, -0.1) is 0 Å². The highest BCUT2D eigenvalue weighted by Crippen LogP contribution is 2.07. The van der Waals surface area contributed by atoms with Gasteiger partial charge in [0.15, 0.2) is 5.78 Å². The molecule has 0 aliphatic carbocycles. The zero-order valence-electron chi connectivity index (χ0n) is 11.0. The van der Waals surface area contributed by atoms with Gasteiger partial charge in [0.1, 0.15) is 6.04 Å². The van der Waals surface area contributed by atoms with Crippen LogP contribution in [0, 0.1) is 5.92 Å². The zero-order chi connectivity index (χ0) is 14.5. The number of nitrogens with one attached hydrogen (secondary N) is 1. The molecule has 2 amide bonds. The average molecular weight is 258 g/mol. The quantitative estimate of drug-likeness (QED) is 0.400. The van der Waals surface area contributed by atoms with Gasteiger partial charge in [-0.3, -0.25) is 14.4 Å². The van der Waals surface area contributed by atoms with Crippen LogP contribution < -0.4 is 22.5 Å². The number of hydrogen-bond donors (Lipinski definition) is 4. The summed E-state index contributed by atoms with van der Waals surface area (Å²) in [7, 11) is 0. The molecule has 0 bridgehead atoms. The van der Waals surface area contributed by atoms with Gasteiger partial charge in [-0.25, -0.2) is 0 Å². The fraction of sp³-hybridized carbons (Fsp3) is 0.727. The molecule has 0 aromatic carbocycles. The molecule has 0 fully saturated rings. The molecule has 7 N–H and O–H groups in total. The summed E-state index contributed by atoms with van der Waals surface area (Å²) in [4.78, 5) is 34.3. The van der Waals surface area contributed by atoms with Crippen LogP contribution >= 0.6 is 0 Å². The van der Waals surface area contributed by atoms with Crippen molar-refractivity contribution in [3.8, 4) is 0 Å². The Morgan fingerprint density at radius 2 is 1.61 bits per heavy atom. The van der Waals surface area contributed by atoms with Crippen LogP contribution in [0.4, 0.5) is 0 Å². The van der Waals surface area contributed by atoms with Gasteiger partial charge in [0, 0.05) is 0 Å². The zero-order valence-corrected chi connectivity index (χ0v) is 11.0. The fourth-order valence-electron chi connectivity index (χ4n) is 1.38. The van der Waals surface area contributed by atoms with Crippen LogP contribution in [0.5, 0.6) is 0 Å². The van der Waals surface area contributed by atoms with E-state index in [9.17, 15) is 14.4 Å². The van der Waals surface area contributed by atoms with E-state index in [0.717, 1.165) is 0 Å². The molecule has 18 heavy (non-hydrogen) atoms. The second-order valence-electron chi connectivity index (χ2n) is 4.76. The Labute approximate surface area is 106 Å². The predicted molar refractivity (Wildman–Crippen MR) is 67.2 cm³/mol. The van der Waals surface area contributed by atoms with Gasteiger partial charge in [0.05, 0.1) is 12.1 Å². The number of hydrogen-bond acceptors (Lipinski definition) is 5. The Hall–Kier alpha value is -1.47. The minimum Gasteiger partial charge on any atom is -0.368 e. The number of primary amides is 1. The molecule has 7 heteroatoms. The molecule has 7 nitrogen and oxygen atoms in total. The number of carbonyl (C=O) groups excluding carboxylic acids is 3. The van der Waals surface area contributed by atoms with Crippen LogP contribution in [0.3, 0.4) is 0 Å². The van der Waals surface area contributed by atoms with Gasteiger partial charge < -0.3 is 22.5 Å². The first-order chi connectivity index (χ1) is 8.16. The number of carbonyl (C=O) groups is 3. The molecule has 0 aromatic rings. The Morgan fingerprint density at radius 1 is 1.11 bits per heavy atom. The maximum atomic E-state index is 11.9. The highest BCUT2D eigenvalue weighted by molar-refractivity contribution is 6.07. The summed E-state index contributed by atoms with van der Waals surface area (Å²) >= 11 is 0. The van der Waals surface area contributed by atoms with Crippen LogP contribution in [-0.2, 0) is 14.4 Å². The van der Waals surface area contributed by atoms with E-state index in [-0.39, 0.29) is 5.92 Å². The van der Waals surface area contributed by atoms with Crippen LogP contribution in [0.1, 0.15) is 27.2 Å². The Balaban J connectivity index is 4.83. The lowest BCUT2D eigenvalue weighted by Gasteiger charge is -2.22. The first kappa shape index (κ1) is 16.5. The predicted octanol–water partition coefficient (Wildman–Crippen LogP) is -1.75. The molecule has 104 valence electrons. The Bertz CT molecular complexity index is 328. The summed E-state index contributed by atoms with van der Waals surface area (Å²) in [5, 5.41) is 2.48. The van der Waals surface area contributed by atoms with Crippen molar-refractivity contribution in [2.75, 3.05) is 0 Å². The SMILES string of the molecule is CC(C)CC(NC(=O)C(C)N)C(=O)C(N)C(N)=O. The minimum atomic E-state index is -1.41. The lowest BCUT2D eigenvalue weighted by Crippen LogP contribution is -2.55. The third-order valence-corrected chi connectivity index (χ3v) is 2.39. The second-order valence-corrected chi connectivity index (χ2v) is 4.76. The largest absolute Gasteiger partial charge is 0.368 e. The number of nitrogens with two attached hydrogens (primary N) is 3. The summed E-state index contributed by atoms with van der Waals surface area (Å²) in [5.41, 5.74) is 15.8. The molecular formula is C11H22N4O3. The smallest absolute Gasteiger partial charge is 0.242 e. The van der Waals surface area contributed by atoms with Crippen molar-refractivity contribution in [2.24, 2.45) is 23.1 Å². The summed E-state index contributed by atoms with van der Waals surface area (Å²) in [6.07, 6.45) is 0.373. The summed E-state index contributed by atoms with van der Waals surface area (Å²) in [6.45, 7) is 5.27. The number of amides is 2. The van der Waals surface area contributed by atoms with Crippen LogP contribution in [-0.4, -0.2) is 35.7 Å². The Morgan fingerprint density at radius 3 is 1.94 bits per heavy atom. The van der Waals surface area contributed by atoms with E-state index in [1.165, 1.54) is 6.92 Å². The van der Waals surface area contributed by atoms with Crippen LogP contribution in [0.25, 0.3) is 0 Å². The van der Waals surface area contributed by atoms with E-state index in [0.29, 0.717) is 6.42 Å². The van der Waals surface area contributed by atoms with Gasteiger partial charge in [0.25, 0.3) is 0 Å². The fourth-order valence-corrected chi connectivity index (χ4v) is 1.38. The first-order valence-electron chi connectivity index (χ1n) is 5.81. The third-order valence-electron chi connectivity index (χ3n) is 2.39. The molecule has 3 atom stereocenters. The topological polar surface area (TPSA) is 141 Å². The Kier molecular flexibility index (Phi) is 6.50. The standard InChI is InChI=1S/C11H22N4O3/c1-5(2)4-7(15-11(18)6(3)12)9(16)8(13)10(14)17/h5-8H,4,12-13H2,1-3H3,(H2,14,17)(H,15,18). The van der Waals surface area contributed by atoms with Crippen LogP contribution in [0.2, 0.25) is 0 Å². The van der Waals surface area contributed by atoms with E-state index in [4.69, 9.17) is 17.2 Å². The highest BCUT2D eigenvalue weighted by atomic mass is 16.2. The molecule has 0 aliphatic heterocycles. The normalized spacial score (nSPS) is 15.9. The first-order valence-corrected chi connectivity index (χ1v) is 5.81. The van der Waals surface area contributed by atoms with Crippen molar-refractivity contribution >= 4 is 17.6 Å². The monoisotopic (exact) mass is 258 g/mol. The number of Topliss-reactive ketones (excluding diaryl/α,β-unsaturated/α-hetero) is 1. The van der Waals surface area contributed by atoms with E-state index >= 15 is 0 Å². The lowest BCUT2D eigenvalue weighted by molar-refractivity contribution is -0.133. The van der Waals surface area contributed by atoms with Crippen molar-refractivity contribution in [1.82, 2.24) is 5.32 Å². The molecule has 0 saturated heterocycles. The molecule has 0 rings (SSSR count). The third kappa shape index (κ3) is 5.24. The van der Waals surface area contributed by atoms with Crippen LogP contribution in [0.15, 0.2) is 0 Å². The molecule has 0 spiro atoms. The summed E-state index contributed by atoms with van der Waals surface area (Å²) in [6, 6.07) is -3.00. The van der Waals surface area contributed by atoms with E-state index < -0.39 is 35.7 Å². The van der Waals surface area contributed by atoms with Crippen molar-refractivity contribution in [2.45, 2.75) is 45.3 Å². The molecule has 3 unspecified atom stereocenters. The van der Waals surface area contributed by atoms with E-state index in [1.807, 2.05) is 13.8 Å². The molecule has 0 aliphatic rings. The van der Waals surface area contributed by atoms with Gasteiger partial charge in [-0.05, 0) is 19.3 Å². The van der Waals surface area contributed by atoms with Crippen molar-refractivity contribution in [1.29, 1.82) is 0 Å². The molecule has 0 heterocycles. The van der Waals surface area contributed by atoms with Gasteiger partial charge in [0.2, 0.25) is 11.8 Å². The molecular weight excluding hydrogens is 236 g/mol. The van der Waals surface area contributed by atoms with E-state index in [2.05, 4.69) is 5.32 Å². The minimum absolute atomic E-state index is 0.146. The number of rotatable bonds is 7. The maximum absolute atomic E-state index is 11.9. The highest BCUT2D eigenvalue weighted by Gasteiger charge is 2.30. The van der Waals surface area contributed by atoms with Crippen molar-refractivity contribution in [3.05, 3.63) is 0 Å². The summed E-state index contributed by atoms with van der Waals surface area (Å²) in [5.74, 6) is -1.83. The van der Waals surface area contributed by atoms with Gasteiger partial charge in [-0.1, -0.05) is 13.8 Å². The molecule has 0 radical (unpaired) electrons. The molecule has 0 aromatic heterocycles. The lowest BCUT2D eigenvalue weighted by atomic mass is 9.96. The van der Waals surface area contributed by atoms with Crippen molar-refractivity contribution in [3.63, 3.8) is 0 Å². The molecule has 0 saturated carbocycles.